The Morgan fingerprint density at radius 3 is 0.894 bits per heavy atom. The summed E-state index contributed by atoms with van der Waals surface area (Å²) in [5, 5.41) is 0. The topological polar surface area (TPSA) is 78.9 Å². The van der Waals surface area contributed by atoms with Gasteiger partial charge in [0.2, 0.25) is 0 Å². The molecule has 66 heavy (non-hydrogen) atoms. The van der Waals surface area contributed by atoms with Crippen molar-refractivity contribution in [2.45, 2.75) is 303 Å². The first-order chi connectivity index (χ1) is 32.5. The molecule has 6 heteroatoms. The third kappa shape index (κ3) is 52.3. The number of hydrogen-bond donors (Lipinski definition) is 0. The molecule has 0 heterocycles. The fourth-order valence-corrected chi connectivity index (χ4v) is 8.24. The lowest BCUT2D eigenvalue weighted by atomic mass is 10.0. The van der Waals surface area contributed by atoms with E-state index in [4.69, 9.17) is 14.2 Å². The second-order valence-corrected chi connectivity index (χ2v) is 19.3. The van der Waals surface area contributed by atoms with E-state index in [0.717, 1.165) is 70.6 Å². The third-order valence-corrected chi connectivity index (χ3v) is 12.6. The Balaban J connectivity index is 4.31. The van der Waals surface area contributed by atoms with Gasteiger partial charge in [0.25, 0.3) is 0 Å². The van der Waals surface area contributed by atoms with Crippen molar-refractivity contribution in [3.8, 4) is 0 Å². The lowest BCUT2D eigenvalue weighted by Gasteiger charge is -2.18. The summed E-state index contributed by atoms with van der Waals surface area (Å²) in [5.74, 6) is -0.899. The van der Waals surface area contributed by atoms with E-state index in [1.54, 1.807) is 0 Å². The number of allylic oxidation sites excluding steroid dienone is 8. The number of ether oxygens (including phenoxy) is 3. The van der Waals surface area contributed by atoms with Gasteiger partial charge in [-0.15, -0.1) is 0 Å². The fraction of sp³-hybridized carbons (Fsp3) is 0.817. The van der Waals surface area contributed by atoms with Crippen LogP contribution in [0.4, 0.5) is 0 Å². The molecule has 0 saturated carbocycles. The normalized spacial score (nSPS) is 12.3. The number of hydrogen-bond acceptors (Lipinski definition) is 6. The van der Waals surface area contributed by atoms with Gasteiger partial charge in [-0.3, -0.25) is 14.4 Å². The van der Waals surface area contributed by atoms with Crippen LogP contribution in [-0.4, -0.2) is 37.2 Å². The molecule has 0 saturated heterocycles. The summed E-state index contributed by atoms with van der Waals surface area (Å²) in [6.45, 7) is 6.57. The molecule has 6 nitrogen and oxygen atoms in total. The van der Waals surface area contributed by atoms with Crippen LogP contribution in [0, 0.1) is 0 Å². The lowest BCUT2D eigenvalue weighted by Crippen LogP contribution is -2.30. The van der Waals surface area contributed by atoms with E-state index in [9.17, 15) is 14.4 Å². The summed E-state index contributed by atoms with van der Waals surface area (Å²) in [6, 6.07) is 0. The highest BCUT2D eigenvalue weighted by Crippen LogP contribution is 2.16. The van der Waals surface area contributed by atoms with E-state index in [1.165, 1.54) is 186 Å². The van der Waals surface area contributed by atoms with Crippen molar-refractivity contribution in [3.63, 3.8) is 0 Å². The van der Waals surface area contributed by atoms with Gasteiger partial charge < -0.3 is 14.2 Å². The van der Waals surface area contributed by atoms with Gasteiger partial charge in [-0.25, -0.2) is 0 Å². The summed E-state index contributed by atoms with van der Waals surface area (Å²) >= 11 is 0. The molecule has 0 aliphatic carbocycles. The van der Waals surface area contributed by atoms with Crippen molar-refractivity contribution in [2.75, 3.05) is 13.2 Å². The van der Waals surface area contributed by atoms with Gasteiger partial charge in [-0.2, -0.15) is 0 Å². The van der Waals surface area contributed by atoms with Gasteiger partial charge >= 0.3 is 17.9 Å². The van der Waals surface area contributed by atoms with Crippen molar-refractivity contribution in [3.05, 3.63) is 48.6 Å². The Labute approximate surface area is 409 Å². The van der Waals surface area contributed by atoms with Crippen LogP contribution in [0.15, 0.2) is 48.6 Å². The summed E-state index contributed by atoms with van der Waals surface area (Å²) in [4.78, 5) is 38.1. The molecule has 0 rings (SSSR count). The van der Waals surface area contributed by atoms with E-state index < -0.39 is 6.10 Å². The average Bonchev–Trinajstić information content (AvgIpc) is 3.31. The molecule has 0 aliphatic rings. The van der Waals surface area contributed by atoms with Crippen molar-refractivity contribution in [1.82, 2.24) is 0 Å². The van der Waals surface area contributed by atoms with Gasteiger partial charge in [0, 0.05) is 19.3 Å². The summed E-state index contributed by atoms with van der Waals surface area (Å²) in [7, 11) is 0. The highest BCUT2D eigenvalue weighted by atomic mass is 16.6. The highest BCUT2D eigenvalue weighted by molar-refractivity contribution is 5.71. The van der Waals surface area contributed by atoms with E-state index in [2.05, 4.69) is 69.4 Å². The Kier molecular flexibility index (Phi) is 52.8. The number of unbranched alkanes of at least 4 members (excludes halogenated alkanes) is 35. The summed E-state index contributed by atoms with van der Waals surface area (Å²) in [6.07, 6.45) is 66.8. The minimum Gasteiger partial charge on any atom is -0.462 e. The van der Waals surface area contributed by atoms with Crippen molar-refractivity contribution >= 4 is 17.9 Å². The zero-order valence-corrected chi connectivity index (χ0v) is 44.0. The Morgan fingerprint density at radius 1 is 0.303 bits per heavy atom. The van der Waals surface area contributed by atoms with Crippen LogP contribution in [0.2, 0.25) is 0 Å². The molecule has 0 radical (unpaired) electrons. The summed E-state index contributed by atoms with van der Waals surface area (Å²) in [5.41, 5.74) is 0. The monoisotopic (exact) mass is 925 g/mol. The molecule has 1 atom stereocenters. The Hall–Kier alpha value is -2.63. The van der Waals surface area contributed by atoms with Crippen LogP contribution < -0.4 is 0 Å². The number of rotatable bonds is 52. The van der Waals surface area contributed by atoms with Crippen LogP contribution in [0.5, 0.6) is 0 Å². The van der Waals surface area contributed by atoms with Gasteiger partial charge in [0.05, 0.1) is 0 Å². The minimum absolute atomic E-state index is 0.0807. The number of carbonyl (C=O) groups is 3. The first-order valence-corrected chi connectivity index (χ1v) is 28.7. The molecular weight excluding hydrogens is 817 g/mol. The predicted molar refractivity (Wildman–Crippen MR) is 284 cm³/mol. The van der Waals surface area contributed by atoms with Crippen LogP contribution in [-0.2, 0) is 28.6 Å². The highest BCUT2D eigenvalue weighted by Gasteiger charge is 2.19. The standard InChI is InChI=1S/C60H108O6/c1-4-7-10-13-16-19-22-24-26-28-30-32-33-35-38-41-44-47-50-53-59(62)65-56-57(55-64-58(61)52-49-46-43-40-37-21-18-15-12-9-6-3)66-60(63)54-51-48-45-42-39-36-34-31-29-27-25-23-20-17-14-11-8-5-2/h15-16,18-19,21-22,24,37,57H,4-14,17,20,23,25-36,38-56H2,1-3H3/b18-15-,19-16-,24-22-,37-21-. The van der Waals surface area contributed by atoms with E-state index >= 15 is 0 Å². The number of carbonyl (C=O) groups excluding carboxylic acids is 3. The Bertz CT molecular complexity index is 1150. The molecule has 0 bridgehead atoms. The smallest absolute Gasteiger partial charge is 0.306 e. The van der Waals surface area contributed by atoms with Crippen molar-refractivity contribution in [2.24, 2.45) is 0 Å². The van der Waals surface area contributed by atoms with Gasteiger partial charge in [0.1, 0.15) is 13.2 Å². The molecule has 0 fully saturated rings. The van der Waals surface area contributed by atoms with E-state index in [1.807, 2.05) is 0 Å². The molecule has 0 aliphatic heterocycles. The van der Waals surface area contributed by atoms with Crippen LogP contribution in [0.25, 0.3) is 0 Å². The molecule has 384 valence electrons. The van der Waals surface area contributed by atoms with E-state index in [0.29, 0.717) is 19.3 Å². The molecule has 0 N–H and O–H groups in total. The van der Waals surface area contributed by atoms with Crippen molar-refractivity contribution in [1.29, 1.82) is 0 Å². The molecule has 0 amide bonds. The van der Waals surface area contributed by atoms with Gasteiger partial charge in [-0.1, -0.05) is 262 Å². The van der Waals surface area contributed by atoms with Gasteiger partial charge in [-0.05, 0) is 64.2 Å². The zero-order chi connectivity index (χ0) is 47.9. The average molecular weight is 926 g/mol. The quantitative estimate of drug-likeness (QED) is 0.0262. The first-order valence-electron chi connectivity index (χ1n) is 28.7. The molecule has 0 aromatic carbocycles. The predicted octanol–water partition coefficient (Wildman–Crippen LogP) is 19.0. The SMILES string of the molecule is CCCC/C=C\C=C/CCCCCC(=O)OCC(COC(=O)CCCCCCCCCCCC/C=C\C=C/CCCCC)OC(=O)CCCCCCCCCCCCCCCCCCCC. The van der Waals surface area contributed by atoms with Crippen LogP contribution in [0.3, 0.4) is 0 Å². The molecular formula is C60H108O6. The second-order valence-electron chi connectivity index (χ2n) is 19.3. The van der Waals surface area contributed by atoms with E-state index in [-0.39, 0.29) is 31.1 Å². The van der Waals surface area contributed by atoms with Crippen molar-refractivity contribution < 1.29 is 28.6 Å². The third-order valence-electron chi connectivity index (χ3n) is 12.6. The van der Waals surface area contributed by atoms with Crippen LogP contribution >= 0.6 is 0 Å². The maximum atomic E-state index is 12.8. The Morgan fingerprint density at radius 2 is 0.545 bits per heavy atom. The zero-order valence-electron chi connectivity index (χ0n) is 44.0. The van der Waals surface area contributed by atoms with Gasteiger partial charge in [0.15, 0.2) is 6.10 Å². The molecule has 0 aromatic rings. The maximum absolute atomic E-state index is 12.8. The second kappa shape index (κ2) is 55.0. The molecule has 0 aromatic heterocycles. The molecule has 1 unspecified atom stereocenters. The van der Waals surface area contributed by atoms with Crippen LogP contribution in [0.1, 0.15) is 297 Å². The largest absolute Gasteiger partial charge is 0.462 e. The number of esters is 3. The fourth-order valence-electron chi connectivity index (χ4n) is 8.24. The maximum Gasteiger partial charge on any atom is 0.306 e. The minimum atomic E-state index is -0.782. The first kappa shape index (κ1) is 63.4. The molecule has 0 spiro atoms. The summed E-state index contributed by atoms with van der Waals surface area (Å²) < 4.78 is 16.8. The lowest BCUT2D eigenvalue weighted by molar-refractivity contribution is -0.167.